The number of piperidine rings is 2. The molecule has 0 radical (unpaired) electrons. The van der Waals surface area contributed by atoms with E-state index in [2.05, 4.69) is 0 Å². The van der Waals surface area contributed by atoms with E-state index in [1.165, 1.54) is 33.5 Å². The van der Waals surface area contributed by atoms with Gasteiger partial charge >= 0.3 is 0 Å². The number of rotatable bonds is 5. The first kappa shape index (κ1) is 23.5. The van der Waals surface area contributed by atoms with Gasteiger partial charge in [0.25, 0.3) is 5.92 Å². The van der Waals surface area contributed by atoms with Crippen molar-refractivity contribution in [3.63, 3.8) is 0 Å². The first-order valence-electron chi connectivity index (χ1n) is 10.6. The van der Waals surface area contributed by atoms with Crippen LogP contribution in [0, 0.1) is 5.92 Å². The predicted molar refractivity (Wildman–Crippen MR) is 110 cm³/mol. The first-order chi connectivity index (χ1) is 15.0. The number of carbonyl (C=O) groups is 1. The number of hydrogen-bond donors (Lipinski definition) is 0. The van der Waals surface area contributed by atoms with E-state index in [1.54, 1.807) is 0 Å². The average Bonchev–Trinajstić information content (AvgIpc) is 2.72. The summed E-state index contributed by atoms with van der Waals surface area (Å²) in [6.07, 6.45) is 0.220. The van der Waals surface area contributed by atoms with Crippen molar-refractivity contribution < 1.29 is 35.1 Å². The third-order valence-electron chi connectivity index (χ3n) is 6.38. The third-order valence-corrected chi connectivity index (χ3v) is 10.3. The van der Waals surface area contributed by atoms with Crippen molar-refractivity contribution in [2.45, 2.75) is 46.6 Å². The average molecular weight is 493 g/mol. The SMILES string of the molecule is O=C([C@@H]1CCCN(S(=O)(=O)c2ccc(S(=O)(=O)C3COC3)cc2)C1)N1CCC(F)(F)CC1. The molecule has 3 aliphatic rings. The van der Waals surface area contributed by atoms with E-state index in [0.717, 1.165) is 0 Å². The van der Waals surface area contributed by atoms with Gasteiger partial charge in [-0.1, -0.05) is 0 Å². The van der Waals surface area contributed by atoms with Gasteiger partial charge in [0.05, 0.1) is 28.9 Å². The lowest BCUT2D eigenvalue weighted by Gasteiger charge is -2.37. The van der Waals surface area contributed by atoms with E-state index in [0.29, 0.717) is 12.8 Å². The van der Waals surface area contributed by atoms with Crippen LogP contribution in [0.3, 0.4) is 0 Å². The van der Waals surface area contributed by atoms with E-state index in [-0.39, 0.29) is 67.9 Å². The molecule has 1 aromatic rings. The molecule has 1 amide bonds. The van der Waals surface area contributed by atoms with Gasteiger partial charge in [-0.25, -0.2) is 25.6 Å². The lowest BCUT2D eigenvalue weighted by molar-refractivity contribution is -0.142. The van der Waals surface area contributed by atoms with Crippen molar-refractivity contribution in [1.29, 1.82) is 0 Å². The highest BCUT2D eigenvalue weighted by Crippen LogP contribution is 2.31. The van der Waals surface area contributed by atoms with E-state index >= 15 is 0 Å². The van der Waals surface area contributed by atoms with E-state index in [9.17, 15) is 30.4 Å². The van der Waals surface area contributed by atoms with Crippen LogP contribution in [0.2, 0.25) is 0 Å². The molecule has 32 heavy (non-hydrogen) atoms. The number of alkyl halides is 2. The Morgan fingerprint density at radius 1 is 0.969 bits per heavy atom. The molecule has 3 heterocycles. The minimum absolute atomic E-state index is 0.0203. The number of amides is 1. The number of hydrogen-bond acceptors (Lipinski definition) is 6. The van der Waals surface area contributed by atoms with Crippen molar-refractivity contribution in [3.8, 4) is 0 Å². The number of carbonyl (C=O) groups excluding carboxylic acids is 1. The summed E-state index contributed by atoms with van der Waals surface area (Å²) in [4.78, 5) is 14.2. The maximum absolute atomic E-state index is 13.4. The minimum Gasteiger partial charge on any atom is -0.379 e. The smallest absolute Gasteiger partial charge is 0.251 e. The normalized spacial score (nSPS) is 25.3. The second-order valence-electron chi connectivity index (χ2n) is 8.56. The Morgan fingerprint density at radius 2 is 1.56 bits per heavy atom. The van der Waals surface area contributed by atoms with Crippen molar-refractivity contribution in [2.75, 3.05) is 39.4 Å². The summed E-state index contributed by atoms with van der Waals surface area (Å²) in [5, 5.41) is -0.617. The van der Waals surface area contributed by atoms with Crippen molar-refractivity contribution in [1.82, 2.24) is 9.21 Å². The zero-order valence-electron chi connectivity index (χ0n) is 17.5. The monoisotopic (exact) mass is 492 g/mol. The largest absolute Gasteiger partial charge is 0.379 e. The summed E-state index contributed by atoms with van der Waals surface area (Å²) in [7, 11) is -7.50. The van der Waals surface area contributed by atoms with Gasteiger partial charge in [0.1, 0.15) is 5.25 Å². The number of ether oxygens (including phenoxy) is 1. The molecule has 0 aliphatic carbocycles. The minimum atomic E-state index is -3.93. The van der Waals surface area contributed by atoms with Crippen LogP contribution in [0.5, 0.6) is 0 Å². The van der Waals surface area contributed by atoms with E-state index in [4.69, 9.17) is 4.74 Å². The predicted octanol–water partition coefficient (Wildman–Crippen LogP) is 1.52. The Labute approximate surface area is 186 Å². The molecule has 3 fully saturated rings. The van der Waals surface area contributed by atoms with Gasteiger partial charge < -0.3 is 9.64 Å². The Balaban J connectivity index is 1.45. The molecule has 0 aromatic heterocycles. The van der Waals surface area contributed by atoms with Crippen LogP contribution in [-0.2, 0) is 29.4 Å². The molecule has 3 saturated heterocycles. The van der Waals surface area contributed by atoms with Crippen molar-refractivity contribution in [3.05, 3.63) is 24.3 Å². The number of halogens is 2. The zero-order chi connectivity index (χ0) is 23.1. The van der Waals surface area contributed by atoms with E-state index in [1.807, 2.05) is 0 Å². The fourth-order valence-corrected chi connectivity index (χ4v) is 7.19. The lowest BCUT2D eigenvalue weighted by atomic mass is 9.96. The molecule has 178 valence electrons. The number of benzene rings is 1. The molecule has 4 rings (SSSR count). The number of sulfonamides is 1. The lowest BCUT2D eigenvalue weighted by Crippen LogP contribution is -2.49. The van der Waals surface area contributed by atoms with Crippen LogP contribution >= 0.6 is 0 Å². The molecule has 8 nitrogen and oxygen atoms in total. The Hall–Kier alpha value is -1.63. The molecule has 3 aliphatic heterocycles. The van der Waals surface area contributed by atoms with Crippen molar-refractivity contribution >= 4 is 25.8 Å². The van der Waals surface area contributed by atoms with Gasteiger partial charge in [-0.3, -0.25) is 4.79 Å². The summed E-state index contributed by atoms with van der Waals surface area (Å²) in [5.74, 6) is -3.63. The molecule has 1 aromatic carbocycles. The third kappa shape index (κ3) is 4.55. The maximum atomic E-state index is 13.4. The number of nitrogens with zero attached hydrogens (tertiary/aromatic N) is 2. The second kappa shape index (κ2) is 8.62. The van der Waals surface area contributed by atoms with Gasteiger partial charge in [-0.15, -0.1) is 0 Å². The summed E-state index contributed by atoms with van der Waals surface area (Å²) < 4.78 is 84.1. The van der Waals surface area contributed by atoms with Crippen LogP contribution in [-0.4, -0.2) is 82.5 Å². The Morgan fingerprint density at radius 3 is 2.12 bits per heavy atom. The van der Waals surface area contributed by atoms with Crippen LogP contribution < -0.4 is 0 Å². The highest BCUT2D eigenvalue weighted by atomic mass is 32.2. The topological polar surface area (TPSA) is 101 Å². The molecule has 0 unspecified atom stereocenters. The van der Waals surface area contributed by atoms with Crippen LogP contribution in [0.1, 0.15) is 25.7 Å². The first-order valence-corrected chi connectivity index (χ1v) is 13.6. The van der Waals surface area contributed by atoms with Gasteiger partial charge in [0.15, 0.2) is 9.84 Å². The van der Waals surface area contributed by atoms with Crippen molar-refractivity contribution in [2.24, 2.45) is 5.92 Å². The molecule has 1 atom stereocenters. The van der Waals surface area contributed by atoms with E-state index < -0.39 is 37.0 Å². The molecular weight excluding hydrogens is 466 g/mol. The quantitative estimate of drug-likeness (QED) is 0.618. The van der Waals surface area contributed by atoms with Gasteiger partial charge in [0.2, 0.25) is 15.9 Å². The highest BCUT2D eigenvalue weighted by molar-refractivity contribution is 7.92. The number of sulfone groups is 1. The number of likely N-dealkylation sites (tertiary alicyclic amines) is 1. The second-order valence-corrected chi connectivity index (χ2v) is 12.7. The highest BCUT2D eigenvalue weighted by Gasteiger charge is 2.40. The van der Waals surface area contributed by atoms with Crippen LogP contribution in [0.25, 0.3) is 0 Å². The Kier molecular flexibility index (Phi) is 6.34. The van der Waals surface area contributed by atoms with Gasteiger partial charge in [-0.05, 0) is 37.1 Å². The molecule has 0 N–H and O–H groups in total. The van der Waals surface area contributed by atoms with Gasteiger partial charge in [-0.2, -0.15) is 4.31 Å². The molecule has 0 saturated carbocycles. The fourth-order valence-electron chi connectivity index (χ4n) is 4.21. The summed E-state index contributed by atoms with van der Waals surface area (Å²) >= 11 is 0. The fraction of sp³-hybridized carbons (Fsp3) is 0.650. The molecule has 0 bridgehead atoms. The van der Waals surface area contributed by atoms with Crippen LogP contribution in [0.4, 0.5) is 8.78 Å². The summed E-state index contributed by atoms with van der Waals surface area (Å²) in [6, 6.07) is 5.09. The summed E-state index contributed by atoms with van der Waals surface area (Å²) in [5.41, 5.74) is 0. The molecule has 0 spiro atoms. The standard InChI is InChI=1S/C20H26F2N2O6S2/c21-20(22)7-10-23(11-8-20)19(25)15-2-1-9-24(12-15)32(28,29)17-5-3-16(4-6-17)31(26,27)18-13-30-14-18/h3-6,15,18H,1-2,7-14H2/t15-/m1/s1. The van der Waals surface area contributed by atoms with Crippen LogP contribution in [0.15, 0.2) is 34.1 Å². The Bertz CT molecular complexity index is 1060. The maximum Gasteiger partial charge on any atom is 0.251 e. The molecule has 12 heteroatoms. The van der Waals surface area contributed by atoms with Gasteiger partial charge in [0, 0.05) is 39.0 Å². The zero-order valence-corrected chi connectivity index (χ0v) is 19.1. The molecular formula is C20H26F2N2O6S2. The summed E-state index contributed by atoms with van der Waals surface area (Å²) in [6.45, 7) is 0.408.